The molecule has 0 bridgehead atoms. The first-order valence-corrected chi connectivity index (χ1v) is 8.59. The number of hydrogen-bond acceptors (Lipinski definition) is 4. The normalized spacial score (nSPS) is 13.0. The zero-order chi connectivity index (χ0) is 18.5. The van der Waals surface area contributed by atoms with Gasteiger partial charge in [0.1, 0.15) is 17.7 Å². The Morgan fingerprint density at radius 2 is 2.12 bits per heavy atom. The summed E-state index contributed by atoms with van der Waals surface area (Å²) < 4.78 is 23.9. The van der Waals surface area contributed by atoms with Crippen LogP contribution in [0.1, 0.15) is 13.3 Å². The molecule has 0 saturated heterocycles. The van der Waals surface area contributed by atoms with E-state index >= 15 is 0 Å². The monoisotopic (exact) mass is 354 g/mol. The highest BCUT2D eigenvalue weighted by atomic mass is 19.1. The topological polar surface area (TPSA) is 58.1 Å². The lowest BCUT2D eigenvalue weighted by Crippen LogP contribution is -2.44. The molecule has 0 aromatic heterocycles. The summed E-state index contributed by atoms with van der Waals surface area (Å²) in [5.74, 6) is 0.944. The number of nitrogens with one attached hydrogen (secondary N) is 2. The Kier molecular flexibility index (Phi) is 10.6. The molecule has 142 valence electrons. The third-order valence-corrected chi connectivity index (χ3v) is 3.59. The molecular formula is C18H31FN4O2. The number of rotatable bonds is 11. The Balaban J connectivity index is 2.22. The Morgan fingerprint density at radius 1 is 1.32 bits per heavy atom. The number of nitrogens with zero attached hydrogens (tertiary/aromatic N) is 2. The van der Waals surface area contributed by atoms with Crippen molar-refractivity contribution in [2.45, 2.75) is 19.4 Å². The molecule has 1 aromatic carbocycles. The lowest BCUT2D eigenvalue weighted by molar-refractivity contribution is 0.180. The van der Waals surface area contributed by atoms with Crippen LogP contribution in [0.4, 0.5) is 4.39 Å². The van der Waals surface area contributed by atoms with E-state index in [1.807, 2.05) is 6.92 Å². The Hall–Kier alpha value is -1.86. The molecule has 0 spiro atoms. The van der Waals surface area contributed by atoms with Crippen molar-refractivity contribution in [3.05, 3.63) is 30.1 Å². The molecule has 7 heteroatoms. The first-order valence-electron chi connectivity index (χ1n) is 8.59. The Morgan fingerprint density at radius 3 is 2.80 bits per heavy atom. The molecule has 1 aromatic rings. The number of benzene rings is 1. The molecule has 0 fully saturated rings. The minimum atomic E-state index is -0.301. The first kappa shape index (κ1) is 21.2. The summed E-state index contributed by atoms with van der Waals surface area (Å²) in [5, 5.41) is 6.48. The molecule has 1 atom stereocenters. The lowest BCUT2D eigenvalue weighted by atomic mass is 10.3. The molecule has 2 N–H and O–H groups in total. The lowest BCUT2D eigenvalue weighted by Gasteiger charge is -2.20. The summed E-state index contributed by atoms with van der Waals surface area (Å²) >= 11 is 0. The van der Waals surface area contributed by atoms with Gasteiger partial charge in [-0.1, -0.05) is 6.07 Å². The van der Waals surface area contributed by atoms with Crippen LogP contribution in [0, 0.1) is 5.82 Å². The Bertz CT molecular complexity index is 514. The molecular weight excluding hydrogens is 323 g/mol. The molecule has 0 heterocycles. The summed E-state index contributed by atoms with van der Waals surface area (Å²) in [4.78, 5) is 6.44. The van der Waals surface area contributed by atoms with Crippen molar-refractivity contribution in [3.8, 4) is 5.75 Å². The highest BCUT2D eigenvalue weighted by Crippen LogP contribution is 2.13. The zero-order valence-corrected chi connectivity index (χ0v) is 15.7. The van der Waals surface area contributed by atoms with Gasteiger partial charge in [-0.15, -0.1) is 0 Å². The maximum absolute atomic E-state index is 13.2. The molecule has 6 nitrogen and oxygen atoms in total. The standard InChI is InChI=1S/C18H31FN4O2/c1-15(25-17-8-5-7-16(19)13-17)14-22-18(20-2)21-9-11-23(3)10-6-12-24-4/h5,7-8,13,15H,6,9-12,14H2,1-4H3,(H2,20,21,22). The van der Waals surface area contributed by atoms with Gasteiger partial charge in [0.15, 0.2) is 5.96 Å². The van der Waals surface area contributed by atoms with E-state index in [9.17, 15) is 4.39 Å². The summed E-state index contributed by atoms with van der Waals surface area (Å²) in [5.41, 5.74) is 0. The van der Waals surface area contributed by atoms with E-state index in [0.717, 1.165) is 38.6 Å². The van der Waals surface area contributed by atoms with Crippen LogP contribution in [0.25, 0.3) is 0 Å². The second-order valence-electron chi connectivity index (χ2n) is 5.92. The van der Waals surface area contributed by atoms with Gasteiger partial charge >= 0.3 is 0 Å². The largest absolute Gasteiger partial charge is 0.489 e. The quantitative estimate of drug-likeness (QED) is 0.360. The predicted molar refractivity (Wildman–Crippen MR) is 99.8 cm³/mol. The summed E-state index contributed by atoms with van der Waals surface area (Å²) in [6.07, 6.45) is 0.909. The molecule has 0 saturated carbocycles. The number of hydrogen-bond donors (Lipinski definition) is 2. The number of likely N-dealkylation sites (N-methyl/N-ethyl adjacent to an activating group) is 1. The second-order valence-corrected chi connectivity index (χ2v) is 5.92. The van der Waals surface area contributed by atoms with E-state index in [-0.39, 0.29) is 11.9 Å². The van der Waals surface area contributed by atoms with Gasteiger partial charge in [0.25, 0.3) is 0 Å². The first-order chi connectivity index (χ1) is 12.0. The van der Waals surface area contributed by atoms with E-state index < -0.39 is 0 Å². The fourth-order valence-electron chi connectivity index (χ4n) is 2.23. The predicted octanol–water partition coefficient (Wildman–Crippen LogP) is 1.73. The van der Waals surface area contributed by atoms with Gasteiger partial charge in [0, 0.05) is 46.5 Å². The number of halogens is 1. The summed E-state index contributed by atoms with van der Waals surface area (Å²) in [7, 11) is 5.54. The summed E-state index contributed by atoms with van der Waals surface area (Å²) in [6, 6.07) is 6.15. The van der Waals surface area contributed by atoms with Crippen molar-refractivity contribution >= 4 is 5.96 Å². The van der Waals surface area contributed by atoms with Crippen LogP contribution in [0.2, 0.25) is 0 Å². The molecule has 1 rings (SSSR count). The van der Waals surface area contributed by atoms with E-state index in [1.54, 1.807) is 26.3 Å². The maximum atomic E-state index is 13.2. The van der Waals surface area contributed by atoms with Gasteiger partial charge in [-0.3, -0.25) is 4.99 Å². The fourth-order valence-corrected chi connectivity index (χ4v) is 2.23. The zero-order valence-electron chi connectivity index (χ0n) is 15.7. The van der Waals surface area contributed by atoms with E-state index in [2.05, 4.69) is 27.6 Å². The maximum Gasteiger partial charge on any atom is 0.191 e. The van der Waals surface area contributed by atoms with Gasteiger partial charge in [-0.25, -0.2) is 4.39 Å². The van der Waals surface area contributed by atoms with E-state index in [4.69, 9.17) is 9.47 Å². The third kappa shape index (κ3) is 9.89. The van der Waals surface area contributed by atoms with Gasteiger partial charge in [0.05, 0.1) is 6.54 Å². The van der Waals surface area contributed by atoms with Crippen LogP contribution in [0.15, 0.2) is 29.3 Å². The minimum Gasteiger partial charge on any atom is -0.489 e. The van der Waals surface area contributed by atoms with Crippen LogP contribution in [0.3, 0.4) is 0 Å². The molecule has 0 aliphatic heterocycles. The van der Waals surface area contributed by atoms with Crippen LogP contribution in [0.5, 0.6) is 5.75 Å². The average Bonchev–Trinajstić information content (AvgIpc) is 2.58. The van der Waals surface area contributed by atoms with Crippen molar-refractivity contribution in [2.75, 3.05) is 54.0 Å². The SMILES string of the molecule is CN=C(NCCN(C)CCCOC)NCC(C)Oc1cccc(F)c1. The average molecular weight is 354 g/mol. The van der Waals surface area contributed by atoms with Gasteiger partial charge in [-0.2, -0.15) is 0 Å². The molecule has 0 aliphatic rings. The highest BCUT2D eigenvalue weighted by molar-refractivity contribution is 5.79. The minimum absolute atomic E-state index is 0.114. The van der Waals surface area contributed by atoms with E-state index in [1.165, 1.54) is 12.1 Å². The van der Waals surface area contributed by atoms with Gasteiger partial charge in [-0.05, 0) is 32.5 Å². The van der Waals surface area contributed by atoms with Crippen LogP contribution in [-0.2, 0) is 4.74 Å². The van der Waals surface area contributed by atoms with Crippen molar-refractivity contribution in [1.82, 2.24) is 15.5 Å². The molecule has 0 amide bonds. The molecule has 0 aliphatic carbocycles. The van der Waals surface area contributed by atoms with Crippen molar-refractivity contribution in [1.29, 1.82) is 0 Å². The van der Waals surface area contributed by atoms with Gasteiger partial charge in [0.2, 0.25) is 0 Å². The van der Waals surface area contributed by atoms with Crippen molar-refractivity contribution in [3.63, 3.8) is 0 Å². The van der Waals surface area contributed by atoms with Crippen LogP contribution in [-0.4, -0.2) is 71.0 Å². The van der Waals surface area contributed by atoms with E-state index in [0.29, 0.717) is 12.3 Å². The molecule has 25 heavy (non-hydrogen) atoms. The second kappa shape index (κ2) is 12.5. The number of guanidine groups is 1. The molecule has 0 radical (unpaired) electrons. The number of ether oxygens (including phenoxy) is 2. The number of aliphatic imine (C=N–C) groups is 1. The highest BCUT2D eigenvalue weighted by Gasteiger charge is 2.06. The van der Waals surface area contributed by atoms with Crippen LogP contribution >= 0.6 is 0 Å². The van der Waals surface area contributed by atoms with Crippen LogP contribution < -0.4 is 15.4 Å². The smallest absolute Gasteiger partial charge is 0.191 e. The Labute approximate surface area is 150 Å². The van der Waals surface area contributed by atoms with Crippen molar-refractivity contribution in [2.24, 2.45) is 4.99 Å². The van der Waals surface area contributed by atoms with Gasteiger partial charge < -0.3 is 25.0 Å². The fraction of sp³-hybridized carbons (Fsp3) is 0.611. The third-order valence-electron chi connectivity index (χ3n) is 3.59. The summed E-state index contributed by atoms with van der Waals surface area (Å²) in [6.45, 7) is 5.99. The number of methoxy groups -OCH3 is 1. The molecule has 1 unspecified atom stereocenters. The van der Waals surface area contributed by atoms with Crippen molar-refractivity contribution < 1.29 is 13.9 Å².